The third-order valence-corrected chi connectivity index (χ3v) is 3.33. The Morgan fingerprint density at radius 3 is 3.00 bits per heavy atom. The summed E-state index contributed by atoms with van der Waals surface area (Å²) in [6.45, 7) is 3.98. The van der Waals surface area contributed by atoms with Crippen LogP contribution in [-0.4, -0.2) is 39.0 Å². The van der Waals surface area contributed by atoms with Crippen LogP contribution in [0.4, 0.5) is 0 Å². The smallest absolute Gasteiger partial charge is 0.321 e. The van der Waals surface area contributed by atoms with Gasteiger partial charge in [0, 0.05) is 12.1 Å². The number of hydrogen-bond donors (Lipinski definition) is 2. The van der Waals surface area contributed by atoms with Gasteiger partial charge in [-0.15, -0.1) is 0 Å². The van der Waals surface area contributed by atoms with Crippen LogP contribution in [0.1, 0.15) is 25.2 Å². The second-order valence-electron chi connectivity index (χ2n) is 4.46. The van der Waals surface area contributed by atoms with E-state index in [9.17, 15) is 4.79 Å². The minimum absolute atomic E-state index is 0.337. The van der Waals surface area contributed by atoms with Crippen molar-refractivity contribution >= 4 is 5.97 Å². The molecule has 82 valence electrons. The second-order valence-corrected chi connectivity index (χ2v) is 4.46. The molecule has 1 aliphatic heterocycles. The largest absolute Gasteiger partial charge is 0.480 e. The third kappa shape index (κ3) is 1.34. The van der Waals surface area contributed by atoms with E-state index in [0.29, 0.717) is 6.42 Å². The quantitative estimate of drug-likeness (QED) is 0.710. The van der Waals surface area contributed by atoms with Gasteiger partial charge >= 0.3 is 5.97 Å². The van der Waals surface area contributed by atoms with Crippen molar-refractivity contribution in [1.29, 1.82) is 0 Å². The van der Waals surface area contributed by atoms with Crippen LogP contribution in [0.3, 0.4) is 0 Å². The molecule has 2 heterocycles. The number of carboxylic acid groups (broad SMARTS) is 1. The topological polar surface area (TPSA) is 69.2 Å². The number of H-pyrrole nitrogens is 1. The van der Waals surface area contributed by atoms with E-state index < -0.39 is 12.0 Å². The van der Waals surface area contributed by atoms with E-state index in [0.717, 1.165) is 11.4 Å². The van der Waals surface area contributed by atoms with Crippen LogP contribution in [0, 0.1) is 0 Å². The van der Waals surface area contributed by atoms with Gasteiger partial charge in [0.25, 0.3) is 0 Å². The molecule has 0 radical (unpaired) electrons. The standard InChI is InChI=1S/C10H15N3O2/c1-10(2)8-6(11-5-12-8)4-7(9(14)15)13(10)3/h5,7H,4H2,1-3H3,(H,11,12)(H,14,15). The zero-order valence-electron chi connectivity index (χ0n) is 9.11. The van der Waals surface area contributed by atoms with E-state index in [1.165, 1.54) is 0 Å². The number of carboxylic acids is 1. The Kier molecular flexibility index (Phi) is 2.08. The number of aromatic amines is 1. The molecule has 2 rings (SSSR count). The SMILES string of the molecule is CN1C(C(=O)O)Cc2[nH]cnc2C1(C)C. The van der Waals surface area contributed by atoms with E-state index in [4.69, 9.17) is 5.11 Å². The van der Waals surface area contributed by atoms with Crippen LogP contribution in [-0.2, 0) is 16.8 Å². The first-order valence-corrected chi connectivity index (χ1v) is 4.93. The zero-order chi connectivity index (χ0) is 11.2. The third-order valence-electron chi connectivity index (χ3n) is 3.33. The number of aromatic nitrogens is 2. The number of aliphatic carboxylic acids is 1. The fourth-order valence-corrected chi connectivity index (χ4v) is 2.14. The number of carbonyl (C=O) groups is 1. The second kappa shape index (κ2) is 3.06. The Balaban J connectivity index is 2.48. The predicted octanol–water partition coefficient (Wildman–Crippen LogP) is 0.586. The Morgan fingerprint density at radius 2 is 2.40 bits per heavy atom. The van der Waals surface area contributed by atoms with Crippen LogP contribution in [0.25, 0.3) is 0 Å². The van der Waals surface area contributed by atoms with E-state index in [1.807, 2.05) is 25.8 Å². The first kappa shape index (κ1) is 10.2. The maximum Gasteiger partial charge on any atom is 0.321 e. The van der Waals surface area contributed by atoms with Gasteiger partial charge in [-0.1, -0.05) is 0 Å². The molecule has 0 aliphatic carbocycles. The molecule has 1 aromatic rings. The van der Waals surface area contributed by atoms with Gasteiger partial charge < -0.3 is 10.1 Å². The van der Waals surface area contributed by atoms with Gasteiger partial charge in [-0.3, -0.25) is 9.69 Å². The number of likely N-dealkylation sites (N-methyl/N-ethyl adjacent to an activating group) is 1. The van der Waals surface area contributed by atoms with Crippen LogP contribution < -0.4 is 0 Å². The van der Waals surface area contributed by atoms with Crippen molar-refractivity contribution < 1.29 is 9.90 Å². The molecule has 1 atom stereocenters. The van der Waals surface area contributed by atoms with Crippen LogP contribution >= 0.6 is 0 Å². The lowest BCUT2D eigenvalue weighted by atomic mass is 9.87. The summed E-state index contributed by atoms with van der Waals surface area (Å²) >= 11 is 0. The normalized spacial score (nSPS) is 24.9. The number of imidazole rings is 1. The number of nitrogens with one attached hydrogen (secondary N) is 1. The molecule has 0 aromatic carbocycles. The molecule has 0 spiro atoms. The first-order chi connectivity index (χ1) is 6.94. The van der Waals surface area contributed by atoms with E-state index >= 15 is 0 Å². The summed E-state index contributed by atoms with van der Waals surface area (Å²) in [7, 11) is 1.83. The van der Waals surface area contributed by atoms with Gasteiger partial charge in [-0.25, -0.2) is 4.98 Å². The molecular weight excluding hydrogens is 194 g/mol. The minimum atomic E-state index is -0.786. The Bertz CT molecular complexity index is 397. The average molecular weight is 209 g/mol. The predicted molar refractivity (Wildman–Crippen MR) is 54.5 cm³/mol. The highest BCUT2D eigenvalue weighted by atomic mass is 16.4. The van der Waals surface area contributed by atoms with Gasteiger partial charge in [0.15, 0.2) is 0 Å². The molecule has 5 heteroatoms. The van der Waals surface area contributed by atoms with Gasteiger partial charge in [-0.2, -0.15) is 0 Å². The fourth-order valence-electron chi connectivity index (χ4n) is 2.14. The molecule has 0 bridgehead atoms. The summed E-state index contributed by atoms with van der Waals surface area (Å²) in [5, 5.41) is 9.13. The summed E-state index contributed by atoms with van der Waals surface area (Å²) in [6, 6.07) is -0.479. The lowest BCUT2D eigenvalue weighted by molar-refractivity contribution is -0.145. The molecule has 2 N–H and O–H groups in total. The zero-order valence-corrected chi connectivity index (χ0v) is 9.11. The molecule has 15 heavy (non-hydrogen) atoms. The first-order valence-electron chi connectivity index (χ1n) is 4.93. The van der Waals surface area contributed by atoms with Crippen molar-refractivity contribution in [2.75, 3.05) is 7.05 Å². The molecule has 0 amide bonds. The van der Waals surface area contributed by atoms with Crippen molar-refractivity contribution in [2.24, 2.45) is 0 Å². The number of fused-ring (bicyclic) bond motifs is 1. The van der Waals surface area contributed by atoms with Gasteiger partial charge in [-0.05, 0) is 20.9 Å². The van der Waals surface area contributed by atoms with Gasteiger partial charge in [0.2, 0.25) is 0 Å². The Morgan fingerprint density at radius 1 is 1.73 bits per heavy atom. The lowest BCUT2D eigenvalue weighted by Crippen LogP contribution is -2.53. The molecule has 5 nitrogen and oxygen atoms in total. The summed E-state index contributed by atoms with van der Waals surface area (Å²) in [5.41, 5.74) is 1.55. The van der Waals surface area contributed by atoms with Gasteiger partial charge in [0.05, 0.1) is 17.6 Å². The highest BCUT2D eigenvalue weighted by molar-refractivity contribution is 5.74. The molecule has 0 saturated carbocycles. The van der Waals surface area contributed by atoms with Crippen molar-refractivity contribution in [3.05, 3.63) is 17.7 Å². The average Bonchev–Trinajstić information content (AvgIpc) is 2.59. The molecule has 0 saturated heterocycles. The maximum absolute atomic E-state index is 11.1. The summed E-state index contributed by atoms with van der Waals surface area (Å²) in [5.74, 6) is -0.786. The van der Waals surface area contributed by atoms with Gasteiger partial charge in [0.1, 0.15) is 6.04 Å². The summed E-state index contributed by atoms with van der Waals surface area (Å²) in [6.07, 6.45) is 2.12. The highest BCUT2D eigenvalue weighted by Crippen LogP contribution is 2.34. The van der Waals surface area contributed by atoms with Crippen molar-refractivity contribution in [3.63, 3.8) is 0 Å². The minimum Gasteiger partial charge on any atom is -0.480 e. The number of hydrogen-bond acceptors (Lipinski definition) is 3. The summed E-state index contributed by atoms with van der Waals surface area (Å²) < 4.78 is 0. The molecule has 1 aliphatic rings. The van der Waals surface area contributed by atoms with Crippen LogP contribution in [0.2, 0.25) is 0 Å². The molecular formula is C10H15N3O2. The lowest BCUT2D eigenvalue weighted by Gasteiger charge is -2.42. The van der Waals surface area contributed by atoms with Crippen LogP contribution in [0.5, 0.6) is 0 Å². The Labute approximate surface area is 88.1 Å². The molecule has 1 unspecified atom stereocenters. The van der Waals surface area contributed by atoms with E-state index in [-0.39, 0.29) is 5.54 Å². The van der Waals surface area contributed by atoms with Crippen molar-refractivity contribution in [2.45, 2.75) is 31.8 Å². The highest BCUT2D eigenvalue weighted by Gasteiger charge is 2.42. The van der Waals surface area contributed by atoms with Crippen LogP contribution in [0.15, 0.2) is 6.33 Å². The van der Waals surface area contributed by atoms with E-state index in [2.05, 4.69) is 9.97 Å². The van der Waals surface area contributed by atoms with Crippen molar-refractivity contribution in [3.8, 4) is 0 Å². The maximum atomic E-state index is 11.1. The van der Waals surface area contributed by atoms with Crippen molar-refractivity contribution in [1.82, 2.24) is 14.9 Å². The monoisotopic (exact) mass is 209 g/mol. The molecule has 1 aromatic heterocycles. The molecule has 0 fully saturated rings. The Hall–Kier alpha value is -1.36. The fraction of sp³-hybridized carbons (Fsp3) is 0.600. The summed E-state index contributed by atoms with van der Waals surface area (Å²) in [4.78, 5) is 20.2. The number of rotatable bonds is 1. The number of nitrogens with zero attached hydrogens (tertiary/aromatic N) is 2. The van der Waals surface area contributed by atoms with E-state index in [1.54, 1.807) is 6.33 Å².